The number of carbonyl (C=O) groups is 1. The number of para-hydroxylation sites is 1. The molecule has 1 unspecified atom stereocenters. The summed E-state index contributed by atoms with van der Waals surface area (Å²) < 4.78 is 71.7. The molecule has 1 N–H and O–H groups in total. The lowest BCUT2D eigenvalue weighted by Gasteiger charge is -2.18. The Kier molecular flexibility index (Phi) is 6.17. The highest BCUT2D eigenvalue weighted by Crippen LogP contribution is 2.49. The number of amides is 1. The second-order valence-corrected chi connectivity index (χ2v) is 10.2. The fourth-order valence-corrected chi connectivity index (χ4v) is 3.63. The van der Waals surface area contributed by atoms with Crippen molar-refractivity contribution in [1.29, 1.82) is 0 Å². The molecule has 0 saturated heterocycles. The van der Waals surface area contributed by atoms with E-state index in [1.54, 1.807) is 30.3 Å². The molecule has 2 saturated carbocycles. The first-order valence-corrected chi connectivity index (χ1v) is 12.3. The first kappa shape index (κ1) is 23.2. The predicted octanol–water partition coefficient (Wildman–Crippen LogP) is 4.13. The summed E-state index contributed by atoms with van der Waals surface area (Å²) in [4.78, 5) is 20.6. The van der Waals surface area contributed by atoms with Crippen molar-refractivity contribution < 1.29 is 31.1 Å². The quantitative estimate of drug-likeness (QED) is 0.578. The fourth-order valence-electron chi connectivity index (χ4n) is 3.23. The van der Waals surface area contributed by atoms with Gasteiger partial charge >= 0.3 is 5.92 Å². The zero-order chi connectivity index (χ0) is 23.8. The van der Waals surface area contributed by atoms with Crippen LogP contribution in [0.1, 0.15) is 41.9 Å². The largest absolute Gasteiger partial charge is 0.438 e. The minimum atomic E-state index is -4.07. The van der Waals surface area contributed by atoms with Crippen molar-refractivity contribution in [3.8, 4) is 11.6 Å². The van der Waals surface area contributed by atoms with Crippen molar-refractivity contribution in [2.45, 2.75) is 37.6 Å². The molecule has 1 atom stereocenters. The molecule has 0 spiro atoms. The third-order valence-corrected chi connectivity index (χ3v) is 6.28. The number of rotatable bonds is 9. The zero-order valence-corrected chi connectivity index (χ0v) is 18.5. The van der Waals surface area contributed by atoms with Crippen LogP contribution in [-0.2, 0) is 15.8 Å². The fraction of sp³-hybridized carbons (Fsp3) is 0.409. The van der Waals surface area contributed by atoms with Gasteiger partial charge in [0.05, 0.1) is 6.04 Å². The molecule has 2 fully saturated rings. The van der Waals surface area contributed by atoms with Crippen LogP contribution in [0.3, 0.4) is 0 Å². The average Bonchev–Trinajstić information content (AvgIpc) is 3.65. The maximum absolute atomic E-state index is 14.6. The number of carbonyl (C=O) groups excluding carboxylic acids is 1. The monoisotopic (exact) mass is 481 g/mol. The molecule has 176 valence electrons. The summed E-state index contributed by atoms with van der Waals surface area (Å²) in [6.07, 6.45) is 4.59. The number of hydrogen-bond donors (Lipinski definition) is 1. The van der Waals surface area contributed by atoms with E-state index in [-0.39, 0.29) is 23.1 Å². The van der Waals surface area contributed by atoms with E-state index in [0.29, 0.717) is 25.7 Å². The highest BCUT2D eigenvalue weighted by atomic mass is 32.2. The van der Waals surface area contributed by atoms with Gasteiger partial charge < -0.3 is 10.1 Å². The van der Waals surface area contributed by atoms with Gasteiger partial charge in [-0.1, -0.05) is 18.2 Å². The van der Waals surface area contributed by atoms with E-state index in [1.165, 1.54) is 0 Å². The molecule has 7 nitrogen and oxygen atoms in total. The number of hydrogen-bond acceptors (Lipinski definition) is 6. The van der Waals surface area contributed by atoms with Crippen molar-refractivity contribution in [2.75, 3.05) is 6.26 Å². The number of nitrogens with zero attached hydrogens (tertiary/aromatic N) is 2. The maximum atomic E-state index is 14.6. The molecule has 2 aromatic rings. The predicted molar refractivity (Wildman–Crippen MR) is 113 cm³/mol. The molecule has 1 heterocycles. The van der Waals surface area contributed by atoms with Crippen molar-refractivity contribution in [3.05, 3.63) is 59.2 Å². The Labute approximate surface area is 189 Å². The van der Waals surface area contributed by atoms with E-state index >= 15 is 0 Å². The molecule has 0 bridgehead atoms. The topological polar surface area (TPSA) is 98.2 Å². The van der Waals surface area contributed by atoms with Crippen LogP contribution in [0, 0.1) is 11.8 Å². The van der Waals surface area contributed by atoms with Crippen molar-refractivity contribution >= 4 is 15.7 Å². The molecule has 2 aliphatic carbocycles. The van der Waals surface area contributed by atoms with Crippen molar-refractivity contribution in [3.63, 3.8) is 0 Å². The van der Waals surface area contributed by atoms with Crippen molar-refractivity contribution in [2.24, 2.45) is 11.8 Å². The third-order valence-electron chi connectivity index (χ3n) is 5.44. The van der Waals surface area contributed by atoms with Gasteiger partial charge in [-0.3, -0.25) is 4.79 Å². The Hall–Kier alpha value is -2.95. The van der Waals surface area contributed by atoms with Gasteiger partial charge in [0.2, 0.25) is 26.7 Å². The molecule has 33 heavy (non-hydrogen) atoms. The Balaban J connectivity index is 1.65. The van der Waals surface area contributed by atoms with E-state index in [4.69, 9.17) is 4.74 Å². The lowest BCUT2D eigenvalue weighted by Crippen LogP contribution is -2.36. The molecular formula is C22H22F3N3O4S. The molecule has 1 amide bonds. The van der Waals surface area contributed by atoms with E-state index in [2.05, 4.69) is 15.3 Å². The lowest BCUT2D eigenvalue weighted by atomic mass is 10.1. The molecule has 2 aliphatic rings. The second-order valence-electron chi connectivity index (χ2n) is 8.30. The molecule has 0 aliphatic heterocycles. The summed E-state index contributed by atoms with van der Waals surface area (Å²) in [5.41, 5.74) is -0.229. The molecule has 4 rings (SSSR count). The van der Waals surface area contributed by atoms with Crippen LogP contribution in [-0.4, -0.2) is 36.6 Å². The van der Waals surface area contributed by atoms with E-state index in [9.17, 15) is 26.4 Å². The van der Waals surface area contributed by atoms with Gasteiger partial charge in [0.1, 0.15) is 11.3 Å². The summed E-state index contributed by atoms with van der Waals surface area (Å²) in [7, 11) is -4.07. The van der Waals surface area contributed by atoms with Gasteiger partial charge in [-0.15, -0.1) is 0 Å². The highest BCUT2D eigenvalue weighted by Gasteiger charge is 2.50. The van der Waals surface area contributed by atoms with Gasteiger partial charge in [-0.2, -0.15) is 18.2 Å². The van der Waals surface area contributed by atoms with Crippen LogP contribution < -0.4 is 10.1 Å². The van der Waals surface area contributed by atoms with Gasteiger partial charge in [-0.05, 0) is 49.8 Å². The summed E-state index contributed by atoms with van der Waals surface area (Å²) in [5, 5.41) is 1.20. The van der Waals surface area contributed by atoms with Gasteiger partial charge in [-0.25, -0.2) is 13.4 Å². The minimum Gasteiger partial charge on any atom is -0.438 e. The van der Waals surface area contributed by atoms with E-state index in [1.807, 2.05) is 0 Å². The number of nitrogens with one attached hydrogen (secondary N) is 1. The van der Waals surface area contributed by atoms with Crippen LogP contribution in [0.4, 0.5) is 13.2 Å². The number of ether oxygens (including phenoxy) is 1. The Bertz CT molecular complexity index is 1180. The Morgan fingerprint density at radius 3 is 2.45 bits per heavy atom. The average molecular weight is 481 g/mol. The first-order chi connectivity index (χ1) is 15.6. The van der Waals surface area contributed by atoms with Gasteiger partial charge in [0.15, 0.2) is 0 Å². The van der Waals surface area contributed by atoms with Gasteiger partial charge in [0, 0.05) is 18.4 Å². The highest BCUT2D eigenvalue weighted by molar-refractivity contribution is 7.94. The SMILES string of the molecule is CS(=O)(=O)/C(F)=C\C(NC(=O)c1cnc(C(F)(F)C2CC2)nc1Oc1ccccc1)C1CC1. The second kappa shape index (κ2) is 8.77. The zero-order valence-electron chi connectivity index (χ0n) is 17.7. The molecule has 11 heteroatoms. The van der Waals surface area contributed by atoms with Crippen LogP contribution in [0.15, 0.2) is 47.8 Å². The van der Waals surface area contributed by atoms with Crippen LogP contribution >= 0.6 is 0 Å². The smallest absolute Gasteiger partial charge is 0.309 e. The molecule has 0 radical (unpaired) electrons. The van der Waals surface area contributed by atoms with Crippen LogP contribution in [0.25, 0.3) is 0 Å². The molecule has 1 aromatic heterocycles. The maximum Gasteiger partial charge on any atom is 0.309 e. The standard InChI is InChI=1S/C22H22F3N3O4S/c1-33(30,31)18(23)11-17(13-7-8-13)27-19(29)16-12-26-21(22(24,25)14-9-10-14)28-20(16)32-15-5-3-2-4-6-15/h2-6,11-14,17H,7-10H2,1H3,(H,27,29)/b18-11-. The lowest BCUT2D eigenvalue weighted by molar-refractivity contribution is -0.0379. The van der Waals surface area contributed by atoms with Crippen LogP contribution in [0.2, 0.25) is 0 Å². The number of aromatic nitrogens is 2. The Morgan fingerprint density at radius 1 is 1.21 bits per heavy atom. The summed E-state index contributed by atoms with van der Waals surface area (Å²) in [6.45, 7) is 0. The Morgan fingerprint density at radius 2 is 1.88 bits per heavy atom. The van der Waals surface area contributed by atoms with E-state index in [0.717, 1.165) is 18.5 Å². The third kappa shape index (κ3) is 5.52. The molecular weight excluding hydrogens is 459 g/mol. The van der Waals surface area contributed by atoms with Gasteiger partial charge in [0.25, 0.3) is 5.91 Å². The van der Waals surface area contributed by atoms with Crippen LogP contribution in [0.5, 0.6) is 11.6 Å². The number of sulfone groups is 1. The molecule has 1 aromatic carbocycles. The number of halogens is 3. The summed E-state index contributed by atoms with van der Waals surface area (Å²) in [6, 6.07) is 7.30. The van der Waals surface area contributed by atoms with Crippen molar-refractivity contribution in [1.82, 2.24) is 15.3 Å². The first-order valence-electron chi connectivity index (χ1n) is 10.4. The number of alkyl halides is 2. The van der Waals surface area contributed by atoms with E-state index < -0.39 is 44.6 Å². The minimum absolute atomic E-state index is 0.140. The normalized spacial score (nSPS) is 18.0. The number of benzene rings is 1. The summed E-state index contributed by atoms with van der Waals surface area (Å²) in [5.74, 6) is -5.89. The summed E-state index contributed by atoms with van der Waals surface area (Å²) >= 11 is 0.